The maximum Gasteiger partial charge on any atom is 0.370 e. The lowest BCUT2D eigenvalue weighted by molar-refractivity contribution is -0.161. The lowest BCUT2D eigenvalue weighted by Gasteiger charge is -2.38. The Hall–Kier alpha value is -2.33. The standard InChI is InChI=1S/C20H35N3O7/c1-4-5-6-7-8-9-16(25)29-11-14(24)18(28-3)17-12(2)13(23-20(21)22)10-15(30-17)19(26)27/h10,12-14,17-18,24H,4-9,11H2,1-3H3,(H,26,27)(H4,21,22,23)/t12-,13+,14-,17-,18-/m1/s1. The fourth-order valence-electron chi connectivity index (χ4n) is 3.34. The number of carboxylic acids is 1. The van der Waals surface area contributed by atoms with Crippen LogP contribution in [0.1, 0.15) is 52.4 Å². The van der Waals surface area contributed by atoms with Gasteiger partial charge >= 0.3 is 11.9 Å². The number of aliphatic hydroxyl groups is 1. The Morgan fingerprint density at radius 3 is 2.50 bits per heavy atom. The fourth-order valence-corrected chi connectivity index (χ4v) is 3.34. The number of ether oxygens (including phenoxy) is 3. The van der Waals surface area contributed by atoms with E-state index in [9.17, 15) is 19.8 Å². The summed E-state index contributed by atoms with van der Waals surface area (Å²) in [6, 6.07) is -0.671. The zero-order valence-corrected chi connectivity index (χ0v) is 18.0. The molecule has 0 aliphatic carbocycles. The summed E-state index contributed by atoms with van der Waals surface area (Å²) < 4.78 is 16.1. The summed E-state index contributed by atoms with van der Waals surface area (Å²) in [5, 5.41) is 19.9. The van der Waals surface area contributed by atoms with Crippen molar-refractivity contribution in [3.05, 3.63) is 11.8 Å². The van der Waals surface area contributed by atoms with Gasteiger partial charge in [-0.3, -0.25) is 4.79 Å². The first kappa shape index (κ1) is 25.7. The first-order chi connectivity index (χ1) is 14.2. The van der Waals surface area contributed by atoms with Crippen molar-refractivity contribution in [3.8, 4) is 0 Å². The van der Waals surface area contributed by atoms with E-state index in [1.54, 1.807) is 6.92 Å². The van der Waals surface area contributed by atoms with Gasteiger partial charge in [-0.25, -0.2) is 9.79 Å². The summed E-state index contributed by atoms with van der Waals surface area (Å²) in [6.45, 7) is 3.57. The summed E-state index contributed by atoms with van der Waals surface area (Å²) in [5.74, 6) is -2.64. The second kappa shape index (κ2) is 13.1. The average Bonchev–Trinajstić information content (AvgIpc) is 2.68. The minimum absolute atomic E-state index is 0.198. The van der Waals surface area contributed by atoms with Crippen LogP contribution in [0, 0.1) is 5.92 Å². The number of esters is 1. The Morgan fingerprint density at radius 1 is 1.27 bits per heavy atom. The maximum absolute atomic E-state index is 11.9. The molecule has 0 bridgehead atoms. The summed E-state index contributed by atoms with van der Waals surface area (Å²) >= 11 is 0. The van der Waals surface area contributed by atoms with Gasteiger partial charge in [0.25, 0.3) is 0 Å². The van der Waals surface area contributed by atoms with Crippen LogP contribution in [0.15, 0.2) is 16.8 Å². The lowest BCUT2D eigenvalue weighted by atomic mass is 9.87. The Morgan fingerprint density at radius 2 is 1.93 bits per heavy atom. The van der Waals surface area contributed by atoms with Crippen LogP contribution >= 0.6 is 0 Å². The molecule has 0 amide bonds. The third-order valence-corrected chi connectivity index (χ3v) is 5.03. The van der Waals surface area contributed by atoms with E-state index in [0.717, 1.165) is 32.1 Å². The number of carboxylic acid groups (broad SMARTS) is 1. The Bertz CT molecular complexity index is 620. The molecule has 30 heavy (non-hydrogen) atoms. The minimum Gasteiger partial charge on any atom is -0.480 e. The van der Waals surface area contributed by atoms with E-state index in [2.05, 4.69) is 11.9 Å². The number of nitrogens with two attached hydrogens (primary N) is 2. The lowest BCUT2D eigenvalue weighted by Crippen LogP contribution is -2.50. The zero-order chi connectivity index (χ0) is 22.7. The van der Waals surface area contributed by atoms with Crippen molar-refractivity contribution in [2.75, 3.05) is 13.7 Å². The summed E-state index contributed by atoms with van der Waals surface area (Å²) in [7, 11) is 1.36. The highest BCUT2D eigenvalue weighted by Crippen LogP contribution is 2.30. The Kier molecular flexibility index (Phi) is 11.2. The number of rotatable bonds is 13. The predicted molar refractivity (Wildman–Crippen MR) is 110 cm³/mol. The molecule has 0 radical (unpaired) electrons. The van der Waals surface area contributed by atoms with Gasteiger partial charge in [0.05, 0.1) is 6.04 Å². The Balaban J connectivity index is 2.72. The Labute approximate surface area is 177 Å². The molecule has 1 rings (SSSR count). The van der Waals surface area contributed by atoms with Crippen LogP contribution in [0.5, 0.6) is 0 Å². The second-order valence-electron chi connectivity index (χ2n) is 7.44. The highest BCUT2D eigenvalue weighted by Gasteiger charge is 2.42. The van der Waals surface area contributed by atoms with Gasteiger partial charge in [0.15, 0.2) is 5.96 Å². The van der Waals surface area contributed by atoms with Gasteiger partial charge in [-0.2, -0.15) is 0 Å². The third-order valence-electron chi connectivity index (χ3n) is 5.03. The molecule has 10 nitrogen and oxygen atoms in total. The van der Waals surface area contributed by atoms with Crippen LogP contribution in [-0.2, 0) is 23.8 Å². The van der Waals surface area contributed by atoms with Crippen molar-refractivity contribution in [1.29, 1.82) is 0 Å². The normalized spacial score (nSPS) is 22.9. The van der Waals surface area contributed by atoms with E-state index in [4.69, 9.17) is 25.7 Å². The number of unbranched alkanes of at least 4 members (excludes halogenated alkanes) is 4. The van der Waals surface area contributed by atoms with E-state index >= 15 is 0 Å². The molecule has 0 aromatic carbocycles. The molecule has 1 heterocycles. The van der Waals surface area contributed by atoms with Crippen LogP contribution in [0.4, 0.5) is 0 Å². The molecule has 0 aromatic rings. The molecule has 10 heteroatoms. The van der Waals surface area contributed by atoms with Crippen LogP contribution < -0.4 is 11.5 Å². The van der Waals surface area contributed by atoms with Crippen LogP contribution in [0.3, 0.4) is 0 Å². The third kappa shape index (κ3) is 8.19. The van der Waals surface area contributed by atoms with Crippen LogP contribution in [-0.4, -0.2) is 66.2 Å². The smallest absolute Gasteiger partial charge is 0.370 e. The highest BCUT2D eigenvalue weighted by atomic mass is 16.6. The van der Waals surface area contributed by atoms with Gasteiger partial charge in [-0.05, 0) is 12.5 Å². The fraction of sp³-hybridized carbons (Fsp3) is 0.750. The molecular formula is C20H35N3O7. The van der Waals surface area contributed by atoms with Gasteiger partial charge in [0.2, 0.25) is 5.76 Å². The molecule has 1 aliphatic heterocycles. The van der Waals surface area contributed by atoms with Crippen molar-refractivity contribution in [1.82, 2.24) is 0 Å². The van der Waals surface area contributed by atoms with Gasteiger partial charge in [-0.1, -0.05) is 39.5 Å². The van der Waals surface area contributed by atoms with Crippen LogP contribution in [0.2, 0.25) is 0 Å². The minimum atomic E-state index is -1.29. The highest BCUT2D eigenvalue weighted by molar-refractivity contribution is 5.85. The number of aliphatic hydroxyl groups excluding tert-OH is 1. The number of hydrogen-bond acceptors (Lipinski definition) is 7. The molecule has 0 fully saturated rings. The van der Waals surface area contributed by atoms with E-state index in [0.29, 0.717) is 0 Å². The SMILES string of the molecule is CCCCCCCC(=O)OC[C@@H](O)[C@@H](OC)[C@@H]1OC(C(=O)O)=C[C@H](N=C(N)N)[C@H]1C. The van der Waals surface area contributed by atoms with Gasteiger partial charge < -0.3 is 35.9 Å². The number of nitrogens with zero attached hydrogens (tertiary/aromatic N) is 1. The average molecular weight is 430 g/mol. The summed E-state index contributed by atoms with van der Waals surface area (Å²) in [6.07, 6.45) is 3.55. The molecule has 6 N–H and O–H groups in total. The number of guanidine groups is 1. The number of carbonyl (C=O) groups is 2. The first-order valence-electron chi connectivity index (χ1n) is 10.3. The molecule has 172 valence electrons. The topological polar surface area (TPSA) is 167 Å². The monoisotopic (exact) mass is 429 g/mol. The van der Waals surface area contributed by atoms with E-state index in [1.165, 1.54) is 13.2 Å². The van der Waals surface area contributed by atoms with E-state index in [-0.39, 0.29) is 24.7 Å². The molecule has 0 unspecified atom stereocenters. The van der Waals surface area contributed by atoms with Crippen molar-refractivity contribution in [2.24, 2.45) is 22.4 Å². The number of methoxy groups -OCH3 is 1. The molecule has 5 atom stereocenters. The van der Waals surface area contributed by atoms with Crippen molar-refractivity contribution in [3.63, 3.8) is 0 Å². The number of aliphatic imine (C=N–C) groups is 1. The first-order valence-corrected chi connectivity index (χ1v) is 10.3. The number of hydrogen-bond donors (Lipinski definition) is 4. The zero-order valence-electron chi connectivity index (χ0n) is 18.0. The molecule has 0 saturated heterocycles. The van der Waals surface area contributed by atoms with Gasteiger partial charge in [-0.15, -0.1) is 0 Å². The molecule has 1 aliphatic rings. The second-order valence-corrected chi connectivity index (χ2v) is 7.44. The predicted octanol–water partition coefficient (Wildman–Crippen LogP) is 0.911. The number of carbonyl (C=O) groups excluding carboxylic acids is 1. The molecule has 0 aromatic heterocycles. The largest absolute Gasteiger partial charge is 0.480 e. The van der Waals surface area contributed by atoms with Crippen molar-refractivity contribution < 1.29 is 34.0 Å². The number of aliphatic carboxylic acids is 1. The van der Waals surface area contributed by atoms with Gasteiger partial charge in [0, 0.05) is 19.4 Å². The summed E-state index contributed by atoms with van der Waals surface area (Å²) in [5.41, 5.74) is 10.9. The maximum atomic E-state index is 11.9. The van der Waals surface area contributed by atoms with Gasteiger partial charge in [0.1, 0.15) is 24.9 Å². The quantitative estimate of drug-likeness (QED) is 0.144. The molecule has 0 spiro atoms. The van der Waals surface area contributed by atoms with Crippen molar-refractivity contribution >= 4 is 17.9 Å². The molecule has 0 saturated carbocycles. The summed E-state index contributed by atoms with van der Waals surface area (Å²) in [4.78, 5) is 27.4. The van der Waals surface area contributed by atoms with Crippen molar-refractivity contribution in [2.45, 2.75) is 76.7 Å². The van der Waals surface area contributed by atoms with E-state index in [1.807, 2.05) is 0 Å². The molecular weight excluding hydrogens is 394 g/mol. The van der Waals surface area contributed by atoms with E-state index < -0.39 is 42.2 Å². The van der Waals surface area contributed by atoms with Crippen LogP contribution in [0.25, 0.3) is 0 Å².